The Labute approximate surface area is 202 Å². The van der Waals surface area contributed by atoms with Crippen molar-refractivity contribution < 1.29 is 18.7 Å². The van der Waals surface area contributed by atoms with Crippen molar-refractivity contribution in [2.45, 2.75) is 129 Å². The van der Waals surface area contributed by atoms with Crippen LogP contribution in [0.25, 0.3) is 0 Å². The molecule has 4 nitrogen and oxygen atoms in total. The molecule has 4 aliphatic carbocycles. The summed E-state index contributed by atoms with van der Waals surface area (Å²) in [6.07, 6.45) is 8.67. The molecule has 0 aromatic rings. The second-order valence-corrected chi connectivity index (χ2v) is 19.0. The fourth-order valence-corrected chi connectivity index (χ4v) is 9.58. The van der Waals surface area contributed by atoms with Gasteiger partial charge in [0.1, 0.15) is 6.10 Å². The van der Waals surface area contributed by atoms with Crippen LogP contribution in [0.2, 0.25) is 18.1 Å². The Balaban J connectivity index is 1.52. The Morgan fingerprint density at radius 3 is 2.36 bits per heavy atom. The average molecular weight is 475 g/mol. The van der Waals surface area contributed by atoms with Crippen molar-refractivity contribution in [1.29, 1.82) is 0 Å². The zero-order valence-electron chi connectivity index (χ0n) is 22.4. The van der Waals surface area contributed by atoms with E-state index in [1.54, 1.807) is 0 Å². The maximum atomic E-state index is 12.5. The summed E-state index contributed by atoms with van der Waals surface area (Å²) in [5.74, 6) is 1.28. The van der Waals surface area contributed by atoms with E-state index in [-0.39, 0.29) is 33.9 Å². The van der Waals surface area contributed by atoms with E-state index in [0.29, 0.717) is 30.3 Å². The van der Waals surface area contributed by atoms with Crippen molar-refractivity contribution in [2.24, 2.45) is 28.6 Å². The Morgan fingerprint density at radius 1 is 1.00 bits per heavy atom. The van der Waals surface area contributed by atoms with E-state index in [4.69, 9.17) is 13.9 Å². The van der Waals surface area contributed by atoms with Crippen LogP contribution in [0.1, 0.15) is 87.0 Å². The van der Waals surface area contributed by atoms with Crippen LogP contribution < -0.4 is 0 Å². The Morgan fingerprint density at radius 2 is 1.70 bits per heavy atom. The smallest absolute Gasteiger partial charge is 0.192 e. The number of hydrogen-bond acceptors (Lipinski definition) is 4. The summed E-state index contributed by atoms with van der Waals surface area (Å²) in [5, 5.41) is 0.225. The summed E-state index contributed by atoms with van der Waals surface area (Å²) in [5.41, 5.74) is 1.47. The van der Waals surface area contributed by atoms with E-state index >= 15 is 0 Å². The molecule has 0 N–H and O–H groups in total. The summed E-state index contributed by atoms with van der Waals surface area (Å²) in [4.78, 5) is 12.5. The first kappa shape index (κ1) is 24.2. The van der Waals surface area contributed by atoms with Gasteiger partial charge in [0.25, 0.3) is 0 Å². The van der Waals surface area contributed by atoms with Crippen LogP contribution in [0.4, 0.5) is 0 Å². The molecule has 0 bridgehead atoms. The second kappa shape index (κ2) is 7.27. The molecule has 1 heterocycles. The summed E-state index contributed by atoms with van der Waals surface area (Å²) in [6.45, 7) is 20.9. The van der Waals surface area contributed by atoms with Crippen molar-refractivity contribution >= 4 is 14.1 Å². The maximum absolute atomic E-state index is 12.5. The highest BCUT2D eigenvalue weighted by atomic mass is 28.4. The van der Waals surface area contributed by atoms with Crippen LogP contribution in [0.3, 0.4) is 0 Å². The molecule has 5 heteroatoms. The van der Waals surface area contributed by atoms with Gasteiger partial charge in [0, 0.05) is 6.42 Å². The number of ether oxygens (including phenoxy) is 2. The van der Waals surface area contributed by atoms with Gasteiger partial charge in [-0.15, -0.1) is 0 Å². The first-order valence-corrected chi connectivity index (χ1v) is 16.3. The van der Waals surface area contributed by atoms with Crippen LogP contribution in [0.5, 0.6) is 0 Å². The Hall–Kier alpha value is -0.493. The quantitative estimate of drug-likeness (QED) is 0.420. The highest BCUT2D eigenvalue weighted by molar-refractivity contribution is 6.74. The lowest BCUT2D eigenvalue weighted by Gasteiger charge is -2.60. The largest absolute Gasteiger partial charge is 0.413 e. The molecule has 5 rings (SSSR count). The fraction of sp³-hybridized carbons (Fsp3) is 0.893. The zero-order chi connectivity index (χ0) is 24.2. The van der Waals surface area contributed by atoms with Gasteiger partial charge in [0.15, 0.2) is 19.9 Å². The monoisotopic (exact) mass is 474 g/mol. The van der Waals surface area contributed by atoms with Gasteiger partial charge in [-0.1, -0.05) is 34.6 Å². The topological polar surface area (TPSA) is 44.8 Å². The minimum atomic E-state index is -1.84. The molecule has 8 atom stereocenters. The number of fused-ring (bicyclic) bond motifs is 8. The molecule has 3 saturated carbocycles. The number of hydrogen-bond donors (Lipinski definition) is 0. The Bertz CT molecular complexity index is 870. The molecule has 186 valence electrons. The lowest BCUT2D eigenvalue weighted by atomic mass is 9.46. The van der Waals surface area contributed by atoms with Gasteiger partial charge < -0.3 is 13.9 Å². The van der Waals surface area contributed by atoms with Gasteiger partial charge in [-0.3, -0.25) is 4.79 Å². The first-order valence-electron chi connectivity index (χ1n) is 13.4. The van der Waals surface area contributed by atoms with Crippen molar-refractivity contribution in [2.75, 3.05) is 0 Å². The van der Waals surface area contributed by atoms with E-state index in [0.717, 1.165) is 12.8 Å². The van der Waals surface area contributed by atoms with Crippen molar-refractivity contribution in [3.63, 3.8) is 0 Å². The van der Waals surface area contributed by atoms with Crippen LogP contribution in [-0.2, 0) is 18.7 Å². The molecule has 4 fully saturated rings. The lowest BCUT2D eigenvalue weighted by Crippen LogP contribution is -2.60. The van der Waals surface area contributed by atoms with E-state index in [9.17, 15) is 4.79 Å². The molecular formula is C28H46O4Si. The molecule has 0 aromatic heterocycles. The van der Waals surface area contributed by atoms with Crippen molar-refractivity contribution in [1.82, 2.24) is 0 Å². The summed E-state index contributed by atoms with van der Waals surface area (Å²) < 4.78 is 20.4. The molecule has 0 aromatic carbocycles. The van der Waals surface area contributed by atoms with Gasteiger partial charge >= 0.3 is 0 Å². The Kier molecular flexibility index (Phi) is 5.33. The lowest BCUT2D eigenvalue weighted by molar-refractivity contribution is -0.164. The zero-order valence-corrected chi connectivity index (χ0v) is 23.4. The third-order valence-corrected chi connectivity index (χ3v) is 15.5. The molecule has 0 amide bonds. The first-order chi connectivity index (χ1) is 15.1. The number of carbonyl (C=O) groups is 1. The van der Waals surface area contributed by atoms with Gasteiger partial charge in [-0.25, -0.2) is 0 Å². The highest BCUT2D eigenvalue weighted by Gasteiger charge is 2.67. The third kappa shape index (κ3) is 3.50. The molecular weight excluding hydrogens is 428 g/mol. The third-order valence-electron chi connectivity index (χ3n) is 11.0. The highest BCUT2D eigenvalue weighted by Crippen LogP contribution is 2.68. The molecule has 0 spiro atoms. The van der Waals surface area contributed by atoms with E-state index in [1.807, 2.05) is 19.9 Å². The molecule has 5 aliphatic rings. The fourth-order valence-electron chi connectivity index (χ4n) is 8.13. The predicted octanol–water partition coefficient (Wildman–Crippen LogP) is 6.65. The molecule has 1 aliphatic heterocycles. The molecule has 1 saturated heterocycles. The van der Waals surface area contributed by atoms with E-state index in [2.05, 4.69) is 47.7 Å². The summed E-state index contributed by atoms with van der Waals surface area (Å²) in [6, 6.07) is 0. The SMILES string of the molecule is CC1(C)O[C@@H]2[C@H]3[C@@H]4CC[C@H](O[Si](C)(C)C(C)(C)C)[C@@]4(C)CC[C@@H]3[C@@]3(C)CCC(=O)C=C3[C@H]2O1. The van der Waals surface area contributed by atoms with Gasteiger partial charge in [-0.05, 0) is 104 Å². The minimum absolute atomic E-state index is 0.0449. The number of carbonyl (C=O) groups excluding carboxylic acids is 1. The number of ketones is 1. The van der Waals surface area contributed by atoms with Crippen LogP contribution in [0.15, 0.2) is 11.6 Å². The maximum Gasteiger partial charge on any atom is 0.192 e. The molecule has 33 heavy (non-hydrogen) atoms. The standard InChI is InChI=1S/C28H46O4Si/c1-25(2,3)33(8,9)32-21-11-10-18-22-19(13-15-28(18,21)7)27(6)14-12-17(29)16-20(27)23-24(22)31-26(4,5)30-23/h16,18-19,21-24H,10-15H2,1-9H3/t18-,19-,21-,22-,23+,24+,27+,28-/m0/s1. The minimum Gasteiger partial charge on any atom is -0.413 e. The summed E-state index contributed by atoms with van der Waals surface area (Å²) >= 11 is 0. The summed E-state index contributed by atoms with van der Waals surface area (Å²) in [7, 11) is -1.84. The average Bonchev–Trinajstić information content (AvgIpc) is 3.18. The van der Waals surface area contributed by atoms with E-state index < -0.39 is 14.1 Å². The molecule has 0 unspecified atom stereocenters. The van der Waals surface area contributed by atoms with Gasteiger partial charge in [-0.2, -0.15) is 0 Å². The van der Waals surface area contributed by atoms with Crippen LogP contribution in [-0.4, -0.2) is 38.2 Å². The normalized spacial score (nSPS) is 46.8. The van der Waals surface area contributed by atoms with Gasteiger partial charge in [0.2, 0.25) is 0 Å². The van der Waals surface area contributed by atoms with Gasteiger partial charge in [0.05, 0.1) is 12.2 Å². The van der Waals surface area contributed by atoms with Crippen LogP contribution >= 0.6 is 0 Å². The van der Waals surface area contributed by atoms with Crippen molar-refractivity contribution in [3.8, 4) is 0 Å². The predicted molar refractivity (Wildman–Crippen MR) is 133 cm³/mol. The second-order valence-electron chi connectivity index (χ2n) is 14.3. The van der Waals surface area contributed by atoms with Crippen LogP contribution in [0, 0.1) is 28.6 Å². The van der Waals surface area contributed by atoms with E-state index in [1.165, 1.54) is 24.8 Å². The van der Waals surface area contributed by atoms with Crippen molar-refractivity contribution in [3.05, 3.63) is 11.6 Å². The molecule has 0 radical (unpaired) electrons. The number of rotatable bonds is 2.